The van der Waals surface area contributed by atoms with E-state index in [0.717, 1.165) is 0 Å². The van der Waals surface area contributed by atoms with Crippen molar-refractivity contribution in [2.24, 2.45) is 5.50 Å². The van der Waals surface area contributed by atoms with Gasteiger partial charge in [-0.05, 0) is 25.7 Å². The Bertz CT molecular complexity index is 214. The van der Waals surface area contributed by atoms with Gasteiger partial charge in [-0.3, -0.25) is 0 Å². The third-order valence-electron chi connectivity index (χ3n) is 4.15. The molecule has 0 radical (unpaired) electrons. The molecule has 2 fully saturated rings. The summed E-state index contributed by atoms with van der Waals surface area (Å²) >= 11 is 0. The van der Waals surface area contributed by atoms with Gasteiger partial charge in [0.15, 0.2) is 0 Å². The molecular formula is C12H25N3P+. The lowest BCUT2D eigenvalue weighted by molar-refractivity contribution is 0.178. The van der Waals surface area contributed by atoms with Gasteiger partial charge < -0.3 is 0 Å². The van der Waals surface area contributed by atoms with Gasteiger partial charge >= 0.3 is 8.01 Å². The third kappa shape index (κ3) is 3.03. The summed E-state index contributed by atoms with van der Waals surface area (Å²) in [6.07, 6.45) is 13.3. The van der Waals surface area contributed by atoms with Crippen molar-refractivity contribution in [2.75, 3.05) is 0 Å². The highest BCUT2D eigenvalue weighted by molar-refractivity contribution is 7.40. The maximum Gasteiger partial charge on any atom is 0.390 e. The molecule has 0 heterocycles. The zero-order valence-electron chi connectivity index (χ0n) is 10.2. The van der Waals surface area contributed by atoms with E-state index >= 15 is 0 Å². The molecule has 0 bridgehead atoms. The monoisotopic (exact) mass is 242 g/mol. The fourth-order valence-corrected chi connectivity index (χ4v) is 4.51. The van der Waals surface area contributed by atoms with Crippen molar-refractivity contribution in [1.29, 1.82) is 5.16 Å². The van der Waals surface area contributed by atoms with Crippen LogP contribution in [0.4, 0.5) is 0 Å². The summed E-state index contributed by atoms with van der Waals surface area (Å²) < 4.78 is 2.40. The molecule has 2 aliphatic carbocycles. The zero-order valence-corrected chi connectivity index (χ0v) is 11.1. The predicted molar refractivity (Wildman–Crippen MR) is 69.4 cm³/mol. The van der Waals surface area contributed by atoms with Crippen molar-refractivity contribution < 1.29 is 0 Å². The first-order chi connectivity index (χ1) is 7.79. The van der Waals surface area contributed by atoms with Gasteiger partial charge in [-0.15, -0.1) is 5.50 Å². The highest BCUT2D eigenvalue weighted by atomic mass is 31.1. The minimum absolute atomic E-state index is 0.630. The highest BCUT2D eigenvalue weighted by Gasteiger charge is 2.37. The Morgan fingerprint density at radius 3 is 1.50 bits per heavy atom. The lowest BCUT2D eigenvalue weighted by atomic mass is 9.91. The van der Waals surface area contributed by atoms with E-state index in [1.165, 1.54) is 64.2 Å². The second-order valence-electron chi connectivity index (χ2n) is 5.31. The fourth-order valence-electron chi connectivity index (χ4n) is 3.34. The van der Waals surface area contributed by atoms with Crippen LogP contribution in [-0.4, -0.2) is 16.8 Å². The summed E-state index contributed by atoms with van der Waals surface area (Å²) in [5.74, 6) is 0. The molecule has 2 aliphatic rings. The van der Waals surface area contributed by atoms with Crippen LogP contribution in [0.2, 0.25) is 0 Å². The molecule has 0 aromatic heterocycles. The number of nitrogens with one attached hydrogen (secondary N) is 1. The Kier molecular flexibility index (Phi) is 4.75. The molecule has 3 N–H and O–H groups in total. The van der Waals surface area contributed by atoms with Crippen molar-refractivity contribution in [3.63, 3.8) is 0 Å². The lowest BCUT2D eigenvalue weighted by Crippen LogP contribution is -2.41. The molecule has 0 aromatic rings. The zero-order chi connectivity index (χ0) is 11.4. The minimum atomic E-state index is -1.13. The van der Waals surface area contributed by atoms with Gasteiger partial charge in [0.25, 0.3) is 0 Å². The van der Waals surface area contributed by atoms with E-state index in [2.05, 4.69) is 4.67 Å². The van der Waals surface area contributed by atoms with E-state index in [1.807, 2.05) is 0 Å². The summed E-state index contributed by atoms with van der Waals surface area (Å²) in [7, 11) is -1.13. The highest BCUT2D eigenvalue weighted by Crippen LogP contribution is 2.37. The van der Waals surface area contributed by atoms with E-state index < -0.39 is 8.01 Å². The molecule has 2 saturated carbocycles. The summed E-state index contributed by atoms with van der Waals surface area (Å²) in [5.41, 5.74) is 5.96. The fraction of sp³-hybridized carbons (Fsp3) is 1.00. The SMILES string of the molecule is N=[P+](N)N(C1CCCCC1)C1CCCCC1. The second-order valence-corrected chi connectivity index (χ2v) is 6.46. The number of hydrogen-bond donors (Lipinski definition) is 2. The van der Waals surface area contributed by atoms with Crippen molar-refractivity contribution >= 4 is 8.01 Å². The van der Waals surface area contributed by atoms with E-state index in [4.69, 9.17) is 10.7 Å². The van der Waals surface area contributed by atoms with Crippen LogP contribution >= 0.6 is 8.01 Å². The molecule has 0 aromatic carbocycles. The largest absolute Gasteiger partial charge is 0.390 e. The Labute approximate surface area is 100 Å². The van der Waals surface area contributed by atoms with Crippen LogP contribution in [0.5, 0.6) is 0 Å². The maximum absolute atomic E-state index is 7.98. The van der Waals surface area contributed by atoms with Crippen LogP contribution in [0, 0.1) is 5.16 Å². The van der Waals surface area contributed by atoms with Crippen LogP contribution < -0.4 is 5.50 Å². The van der Waals surface area contributed by atoms with Crippen molar-refractivity contribution in [3.8, 4) is 0 Å². The Balaban J connectivity index is 1.99. The van der Waals surface area contributed by atoms with Gasteiger partial charge in [-0.1, -0.05) is 48.4 Å². The summed E-state index contributed by atoms with van der Waals surface area (Å²) in [6.45, 7) is 0. The van der Waals surface area contributed by atoms with Crippen molar-refractivity contribution in [3.05, 3.63) is 0 Å². The molecule has 3 nitrogen and oxygen atoms in total. The molecule has 1 atom stereocenters. The topological polar surface area (TPSA) is 53.1 Å². The molecule has 16 heavy (non-hydrogen) atoms. The first-order valence-electron chi connectivity index (χ1n) is 6.83. The Hall–Kier alpha value is 0.0200. The maximum atomic E-state index is 7.98. The van der Waals surface area contributed by atoms with Gasteiger partial charge in [0, 0.05) is 0 Å². The average molecular weight is 242 g/mol. The van der Waals surface area contributed by atoms with Crippen molar-refractivity contribution in [1.82, 2.24) is 4.67 Å². The standard InChI is InChI=1S/C12H25N3P/c13-16(14)15(11-7-3-1-4-8-11)12-9-5-2-6-10-12/h11-12H,1-10H2,(H3,13,14)/q+1. The van der Waals surface area contributed by atoms with Crippen LogP contribution in [0.1, 0.15) is 64.2 Å². The van der Waals surface area contributed by atoms with Gasteiger partial charge in [0.2, 0.25) is 0 Å². The first kappa shape index (κ1) is 12.5. The average Bonchev–Trinajstić information content (AvgIpc) is 2.31. The number of nitrogens with two attached hydrogens (primary N) is 1. The molecular weight excluding hydrogens is 217 g/mol. The first-order valence-corrected chi connectivity index (χ1v) is 8.19. The molecule has 4 heteroatoms. The Morgan fingerprint density at radius 2 is 1.19 bits per heavy atom. The smallest absolute Gasteiger partial charge is 0.121 e. The van der Waals surface area contributed by atoms with E-state index in [1.54, 1.807) is 0 Å². The predicted octanol–water partition coefficient (Wildman–Crippen LogP) is 3.99. The molecule has 0 saturated heterocycles. The molecule has 2 rings (SSSR count). The summed E-state index contributed by atoms with van der Waals surface area (Å²) in [4.78, 5) is 0. The van der Waals surface area contributed by atoms with E-state index in [0.29, 0.717) is 12.1 Å². The van der Waals surface area contributed by atoms with Gasteiger partial charge in [0.05, 0.1) is 12.1 Å². The Morgan fingerprint density at radius 1 is 0.812 bits per heavy atom. The summed E-state index contributed by atoms with van der Waals surface area (Å²) in [6, 6.07) is 1.26. The van der Waals surface area contributed by atoms with Gasteiger partial charge in [-0.25, -0.2) is 0 Å². The van der Waals surface area contributed by atoms with Crippen LogP contribution in [0.15, 0.2) is 0 Å². The number of hydrogen-bond acceptors (Lipinski definition) is 1. The van der Waals surface area contributed by atoms with E-state index in [-0.39, 0.29) is 0 Å². The molecule has 1 unspecified atom stereocenters. The van der Waals surface area contributed by atoms with Crippen LogP contribution in [0.25, 0.3) is 0 Å². The number of nitrogens with zero attached hydrogens (tertiary/aromatic N) is 1. The van der Waals surface area contributed by atoms with Gasteiger partial charge in [-0.2, -0.15) is 0 Å². The van der Waals surface area contributed by atoms with E-state index in [9.17, 15) is 0 Å². The summed E-state index contributed by atoms with van der Waals surface area (Å²) in [5, 5.41) is 7.98. The molecule has 0 amide bonds. The molecule has 0 spiro atoms. The number of rotatable bonds is 3. The van der Waals surface area contributed by atoms with Crippen LogP contribution in [-0.2, 0) is 0 Å². The third-order valence-corrected chi connectivity index (χ3v) is 5.30. The second kappa shape index (κ2) is 6.09. The molecule has 0 aliphatic heterocycles. The van der Waals surface area contributed by atoms with Gasteiger partial charge in [0.1, 0.15) is 0 Å². The normalized spacial score (nSPS) is 26.0. The minimum Gasteiger partial charge on any atom is -0.121 e. The lowest BCUT2D eigenvalue weighted by Gasteiger charge is -2.34. The molecule has 92 valence electrons. The quantitative estimate of drug-likeness (QED) is 0.735. The van der Waals surface area contributed by atoms with Crippen molar-refractivity contribution in [2.45, 2.75) is 76.3 Å². The van der Waals surface area contributed by atoms with Crippen LogP contribution in [0.3, 0.4) is 0 Å².